The van der Waals surface area contributed by atoms with Gasteiger partial charge in [0.1, 0.15) is 0 Å². The van der Waals surface area contributed by atoms with Crippen molar-refractivity contribution in [2.75, 3.05) is 4.90 Å². The van der Waals surface area contributed by atoms with E-state index < -0.39 is 0 Å². The molecule has 9 aromatic carbocycles. The predicted molar refractivity (Wildman–Crippen MR) is 252 cm³/mol. The van der Waals surface area contributed by atoms with Crippen molar-refractivity contribution in [3.63, 3.8) is 0 Å². The Kier molecular flexibility index (Phi) is 9.84. The lowest BCUT2D eigenvalue weighted by atomic mass is 9.90. The van der Waals surface area contributed by atoms with Crippen LogP contribution in [0.4, 0.5) is 17.1 Å². The normalized spacial score (nSPS) is 12.3. The Hall–Kier alpha value is -7.48. The highest BCUT2D eigenvalue weighted by Crippen LogP contribution is 2.41. The zero-order valence-corrected chi connectivity index (χ0v) is 32.9. The zero-order chi connectivity index (χ0) is 39.4. The molecular formula is C58H43N. The van der Waals surface area contributed by atoms with E-state index in [9.17, 15) is 0 Å². The van der Waals surface area contributed by atoms with Gasteiger partial charge in [0, 0.05) is 17.1 Å². The van der Waals surface area contributed by atoms with Crippen molar-refractivity contribution in [3.8, 4) is 55.6 Å². The highest BCUT2D eigenvalue weighted by Gasteiger charge is 2.16. The maximum absolute atomic E-state index is 2.36. The smallest absolute Gasteiger partial charge is 0.0462 e. The van der Waals surface area contributed by atoms with Crippen LogP contribution >= 0.6 is 0 Å². The summed E-state index contributed by atoms with van der Waals surface area (Å²) in [4.78, 5) is 2.36. The Balaban J connectivity index is 1.02. The molecule has 1 heteroatoms. The second-order valence-electron chi connectivity index (χ2n) is 15.2. The van der Waals surface area contributed by atoms with Gasteiger partial charge in [0.15, 0.2) is 0 Å². The SMILES string of the molecule is C1=CC(c2ccc(-c3ccc(N(c4ccc(-c5ccccc5)cc4)c4ccc(-c5cc(-c6ccc7ccccc7c6)ccc5-c5ccccc5)cc4)cc3)cc2)=CCC1. The molecule has 0 saturated heterocycles. The van der Waals surface area contributed by atoms with Crippen LogP contribution in [0.3, 0.4) is 0 Å². The highest BCUT2D eigenvalue weighted by molar-refractivity contribution is 5.92. The van der Waals surface area contributed by atoms with Crippen molar-refractivity contribution in [2.45, 2.75) is 12.8 Å². The first-order valence-corrected chi connectivity index (χ1v) is 20.6. The number of allylic oxidation sites excluding steroid dienone is 4. The van der Waals surface area contributed by atoms with E-state index in [1.165, 1.54) is 77.5 Å². The van der Waals surface area contributed by atoms with E-state index in [-0.39, 0.29) is 0 Å². The molecule has 0 atom stereocenters. The molecule has 0 heterocycles. The van der Waals surface area contributed by atoms with E-state index in [1.54, 1.807) is 0 Å². The summed E-state index contributed by atoms with van der Waals surface area (Å²) in [6.45, 7) is 0. The number of anilines is 3. The van der Waals surface area contributed by atoms with Gasteiger partial charge in [0.2, 0.25) is 0 Å². The minimum Gasteiger partial charge on any atom is -0.311 e. The Bertz CT molecular complexity index is 2920. The number of fused-ring (bicyclic) bond motifs is 1. The first-order chi connectivity index (χ1) is 29.2. The first kappa shape index (κ1) is 35.9. The average molecular weight is 754 g/mol. The van der Waals surface area contributed by atoms with E-state index in [2.05, 4.69) is 242 Å². The second-order valence-corrected chi connectivity index (χ2v) is 15.2. The van der Waals surface area contributed by atoms with Crippen molar-refractivity contribution in [3.05, 3.63) is 242 Å². The van der Waals surface area contributed by atoms with E-state index in [0.717, 1.165) is 29.9 Å². The molecule has 0 saturated carbocycles. The summed E-state index contributed by atoms with van der Waals surface area (Å²) in [6, 6.07) is 79.5. The highest BCUT2D eigenvalue weighted by atomic mass is 15.1. The molecule has 1 aliphatic rings. The molecule has 0 aromatic heterocycles. The van der Waals surface area contributed by atoms with Crippen LogP contribution in [0.2, 0.25) is 0 Å². The molecule has 9 aromatic rings. The number of nitrogens with zero attached hydrogens (tertiary/aromatic N) is 1. The van der Waals surface area contributed by atoms with Gasteiger partial charge in [0.05, 0.1) is 0 Å². The van der Waals surface area contributed by atoms with Crippen molar-refractivity contribution in [1.82, 2.24) is 0 Å². The van der Waals surface area contributed by atoms with Gasteiger partial charge in [-0.05, 0) is 139 Å². The molecule has 1 nitrogen and oxygen atoms in total. The lowest BCUT2D eigenvalue weighted by Gasteiger charge is -2.26. The van der Waals surface area contributed by atoms with E-state index in [1.807, 2.05) is 0 Å². The van der Waals surface area contributed by atoms with Gasteiger partial charge in [-0.25, -0.2) is 0 Å². The first-order valence-electron chi connectivity index (χ1n) is 20.6. The van der Waals surface area contributed by atoms with Crippen molar-refractivity contribution >= 4 is 33.4 Å². The molecule has 1 aliphatic carbocycles. The van der Waals surface area contributed by atoms with Crippen LogP contribution < -0.4 is 4.90 Å². The lowest BCUT2D eigenvalue weighted by molar-refractivity contribution is 1.04. The molecule has 0 aliphatic heterocycles. The largest absolute Gasteiger partial charge is 0.311 e. The van der Waals surface area contributed by atoms with Gasteiger partial charge < -0.3 is 4.90 Å². The Labute approximate surface area is 347 Å². The summed E-state index contributed by atoms with van der Waals surface area (Å²) in [5.41, 5.74) is 17.9. The lowest BCUT2D eigenvalue weighted by Crippen LogP contribution is -2.09. The third kappa shape index (κ3) is 7.55. The minimum absolute atomic E-state index is 1.10. The van der Waals surface area contributed by atoms with Gasteiger partial charge in [-0.2, -0.15) is 0 Å². The molecule has 0 N–H and O–H groups in total. The van der Waals surface area contributed by atoms with E-state index >= 15 is 0 Å². The summed E-state index contributed by atoms with van der Waals surface area (Å²) in [6.07, 6.45) is 9.08. The topological polar surface area (TPSA) is 3.24 Å². The number of hydrogen-bond acceptors (Lipinski definition) is 1. The Morgan fingerprint density at radius 1 is 0.288 bits per heavy atom. The quantitative estimate of drug-likeness (QED) is 0.142. The van der Waals surface area contributed by atoms with Crippen molar-refractivity contribution < 1.29 is 0 Å². The number of rotatable bonds is 9. The summed E-state index contributed by atoms with van der Waals surface area (Å²) >= 11 is 0. The number of hydrogen-bond donors (Lipinski definition) is 0. The summed E-state index contributed by atoms with van der Waals surface area (Å²) in [7, 11) is 0. The maximum Gasteiger partial charge on any atom is 0.0462 e. The van der Waals surface area contributed by atoms with Crippen LogP contribution in [-0.2, 0) is 0 Å². The fourth-order valence-electron chi connectivity index (χ4n) is 8.36. The van der Waals surface area contributed by atoms with Crippen LogP contribution in [0.5, 0.6) is 0 Å². The van der Waals surface area contributed by atoms with E-state index in [4.69, 9.17) is 0 Å². The molecule has 10 rings (SSSR count). The van der Waals surface area contributed by atoms with Crippen LogP contribution in [0.1, 0.15) is 18.4 Å². The predicted octanol–water partition coefficient (Wildman–Crippen LogP) is 16.4. The minimum atomic E-state index is 1.10. The fraction of sp³-hybridized carbons (Fsp3) is 0.0345. The van der Waals surface area contributed by atoms with Crippen LogP contribution in [0.25, 0.3) is 72.0 Å². The fourth-order valence-corrected chi connectivity index (χ4v) is 8.36. The molecule has 0 radical (unpaired) electrons. The molecule has 0 bridgehead atoms. The van der Waals surface area contributed by atoms with Gasteiger partial charge in [-0.15, -0.1) is 0 Å². The van der Waals surface area contributed by atoms with Gasteiger partial charge >= 0.3 is 0 Å². The maximum atomic E-state index is 2.36. The van der Waals surface area contributed by atoms with Crippen molar-refractivity contribution in [2.24, 2.45) is 0 Å². The molecule has 280 valence electrons. The van der Waals surface area contributed by atoms with Crippen LogP contribution in [0, 0.1) is 0 Å². The zero-order valence-electron chi connectivity index (χ0n) is 32.9. The molecule has 59 heavy (non-hydrogen) atoms. The van der Waals surface area contributed by atoms with Gasteiger partial charge in [-0.1, -0.05) is 188 Å². The van der Waals surface area contributed by atoms with Crippen molar-refractivity contribution in [1.29, 1.82) is 0 Å². The average Bonchev–Trinajstić information content (AvgIpc) is 3.33. The standard InChI is InChI=1S/C58H43N/c1-4-12-42(13-5-1)45-20-22-46(23-21-45)48-28-35-55(36-29-48)59(54-33-26-47(27-34-54)43-14-6-2-7-15-43)56-37-30-50(31-38-56)58-41-53(32-39-57(58)49-17-8-3-9-18-49)52-25-24-44-16-10-11-19-51(44)40-52/h2-4,6-41H,1,5H2. The summed E-state index contributed by atoms with van der Waals surface area (Å²) < 4.78 is 0. The third-order valence-electron chi connectivity index (χ3n) is 11.5. The monoisotopic (exact) mass is 753 g/mol. The Morgan fingerprint density at radius 3 is 1.32 bits per heavy atom. The van der Waals surface area contributed by atoms with Crippen LogP contribution in [-0.4, -0.2) is 0 Å². The second kappa shape index (κ2) is 16.2. The molecule has 0 amide bonds. The number of benzene rings is 9. The third-order valence-corrected chi connectivity index (χ3v) is 11.5. The van der Waals surface area contributed by atoms with Gasteiger partial charge in [-0.3, -0.25) is 0 Å². The molecule has 0 spiro atoms. The van der Waals surface area contributed by atoms with Gasteiger partial charge in [0.25, 0.3) is 0 Å². The van der Waals surface area contributed by atoms with E-state index in [0.29, 0.717) is 0 Å². The van der Waals surface area contributed by atoms with Crippen LogP contribution in [0.15, 0.2) is 237 Å². The Morgan fingerprint density at radius 2 is 0.729 bits per heavy atom. The molecule has 0 unspecified atom stereocenters. The summed E-state index contributed by atoms with van der Waals surface area (Å²) in [5.74, 6) is 0. The molecular weight excluding hydrogens is 711 g/mol. The molecule has 0 fully saturated rings. The summed E-state index contributed by atoms with van der Waals surface area (Å²) in [5, 5.41) is 2.50.